The fourth-order valence-corrected chi connectivity index (χ4v) is 4.48. The predicted molar refractivity (Wildman–Crippen MR) is 140 cm³/mol. The second kappa shape index (κ2) is 11.4. The number of carboxylic acid groups (broad SMARTS) is 1. The average Bonchev–Trinajstić information content (AvgIpc) is 3.45. The molecule has 0 saturated carbocycles. The number of halogens is 1. The molecule has 4 rings (SSSR count). The average molecular weight is 555 g/mol. The second-order valence-corrected chi connectivity index (χ2v) is 9.22. The summed E-state index contributed by atoms with van der Waals surface area (Å²) in [5, 5.41) is 11.2. The van der Waals surface area contributed by atoms with E-state index in [1.54, 1.807) is 31.2 Å². The summed E-state index contributed by atoms with van der Waals surface area (Å²) in [7, 11) is 0. The number of carbonyl (C=O) groups excluding carboxylic acids is 4. The zero-order valence-electron chi connectivity index (χ0n) is 19.7. The molecule has 3 amide bonds. The van der Waals surface area contributed by atoms with Crippen molar-refractivity contribution < 1.29 is 38.2 Å². The van der Waals surface area contributed by atoms with Gasteiger partial charge >= 0.3 is 11.9 Å². The molecule has 0 spiro atoms. The lowest BCUT2D eigenvalue weighted by molar-refractivity contribution is -0.127. The minimum absolute atomic E-state index is 0.0547. The third-order valence-electron chi connectivity index (χ3n) is 5.21. The van der Waals surface area contributed by atoms with Crippen molar-refractivity contribution in [3.05, 3.63) is 81.4 Å². The number of esters is 1. The van der Waals surface area contributed by atoms with Gasteiger partial charge in [-0.05, 0) is 61.2 Å². The maximum Gasteiger partial charge on any atom is 0.339 e. The molecule has 2 aromatic carbocycles. The van der Waals surface area contributed by atoms with Gasteiger partial charge in [-0.3, -0.25) is 19.3 Å². The zero-order valence-corrected chi connectivity index (χ0v) is 21.3. The van der Waals surface area contributed by atoms with Crippen LogP contribution in [0.4, 0.5) is 10.5 Å². The first-order valence-electron chi connectivity index (χ1n) is 11.1. The smallest absolute Gasteiger partial charge is 0.339 e. The molecule has 0 atom stereocenters. The molecule has 1 aliphatic heterocycles. The summed E-state index contributed by atoms with van der Waals surface area (Å²) < 4.78 is 10.6. The molecular weight excluding hydrogens is 536 g/mol. The minimum Gasteiger partial charge on any atom is -0.478 e. The molecule has 1 saturated heterocycles. The number of carbonyl (C=O) groups is 5. The molecule has 3 aromatic rings. The van der Waals surface area contributed by atoms with Crippen molar-refractivity contribution in [2.75, 3.05) is 18.5 Å². The standard InChI is InChI=1S/C26H19ClN2O8S/c1-2-36-25(34)18-11-16(6-8-19(18)27)28-22(30)13-29-23(31)21(38-26(29)35)12-17-7-9-20(37-17)14-4-3-5-15(10-14)24(32)33/h3-12H,2,13H2,1H3,(H,28,30)(H,32,33)/b21-12+. The van der Waals surface area contributed by atoms with Crippen LogP contribution in [-0.4, -0.2) is 52.2 Å². The summed E-state index contributed by atoms with van der Waals surface area (Å²) in [6.07, 6.45) is 1.37. The lowest BCUT2D eigenvalue weighted by atomic mass is 10.1. The van der Waals surface area contributed by atoms with E-state index < -0.39 is 35.5 Å². The Bertz CT molecular complexity index is 1500. The number of benzene rings is 2. The Morgan fingerprint density at radius 3 is 2.66 bits per heavy atom. The van der Waals surface area contributed by atoms with Crippen LogP contribution in [0.1, 0.15) is 33.4 Å². The first kappa shape index (κ1) is 26.7. The van der Waals surface area contributed by atoms with Crippen molar-refractivity contribution in [1.82, 2.24) is 4.90 Å². The van der Waals surface area contributed by atoms with Crippen LogP contribution in [0.25, 0.3) is 17.4 Å². The number of aromatic carboxylic acids is 1. The maximum atomic E-state index is 12.8. The molecule has 1 aliphatic rings. The normalized spacial score (nSPS) is 14.2. The van der Waals surface area contributed by atoms with Crippen molar-refractivity contribution in [3.8, 4) is 11.3 Å². The van der Waals surface area contributed by atoms with Crippen LogP contribution in [0.3, 0.4) is 0 Å². The number of ether oxygens (including phenoxy) is 1. The van der Waals surface area contributed by atoms with Gasteiger partial charge in [0.25, 0.3) is 11.1 Å². The van der Waals surface area contributed by atoms with Crippen LogP contribution in [0.2, 0.25) is 5.02 Å². The Kier molecular flexibility index (Phi) is 7.99. The molecule has 12 heteroatoms. The number of thioether (sulfide) groups is 1. The van der Waals surface area contributed by atoms with Gasteiger partial charge in [-0.1, -0.05) is 23.7 Å². The molecule has 0 unspecified atom stereocenters. The first-order valence-corrected chi connectivity index (χ1v) is 12.3. The largest absolute Gasteiger partial charge is 0.478 e. The van der Waals surface area contributed by atoms with Crippen LogP contribution in [0.5, 0.6) is 0 Å². The number of rotatable bonds is 8. The van der Waals surface area contributed by atoms with Gasteiger partial charge in [-0.25, -0.2) is 9.59 Å². The number of nitrogens with one attached hydrogen (secondary N) is 1. The highest BCUT2D eigenvalue weighted by Gasteiger charge is 2.36. The van der Waals surface area contributed by atoms with E-state index in [-0.39, 0.29) is 39.1 Å². The molecule has 1 aromatic heterocycles. The van der Waals surface area contributed by atoms with Gasteiger partial charge in [0.05, 0.1) is 27.7 Å². The third-order valence-corrected chi connectivity index (χ3v) is 6.45. The number of furan rings is 1. The monoisotopic (exact) mass is 554 g/mol. The molecule has 194 valence electrons. The summed E-state index contributed by atoms with van der Waals surface area (Å²) in [5.74, 6) is -2.42. The molecule has 0 bridgehead atoms. The Morgan fingerprint density at radius 2 is 1.92 bits per heavy atom. The first-order chi connectivity index (χ1) is 18.2. The number of hydrogen-bond donors (Lipinski definition) is 2. The van der Waals surface area contributed by atoms with E-state index in [2.05, 4.69) is 5.32 Å². The van der Waals surface area contributed by atoms with Crippen LogP contribution in [0.15, 0.2) is 63.9 Å². The van der Waals surface area contributed by atoms with Gasteiger partial charge in [0, 0.05) is 17.3 Å². The number of carboxylic acids is 1. The molecular formula is C26H19ClN2O8S. The van der Waals surface area contributed by atoms with E-state index in [0.29, 0.717) is 23.1 Å². The van der Waals surface area contributed by atoms with Crippen molar-refractivity contribution in [2.24, 2.45) is 0 Å². The molecule has 2 heterocycles. The Balaban J connectivity index is 1.44. The highest BCUT2D eigenvalue weighted by atomic mass is 35.5. The van der Waals surface area contributed by atoms with Gasteiger partial charge in [0.2, 0.25) is 5.91 Å². The van der Waals surface area contributed by atoms with Crippen molar-refractivity contribution >= 4 is 64.1 Å². The Hall–Kier alpha value is -4.35. The number of hydrogen-bond acceptors (Lipinski definition) is 8. The lowest BCUT2D eigenvalue weighted by Gasteiger charge is -2.13. The topological polar surface area (TPSA) is 143 Å². The van der Waals surface area contributed by atoms with Gasteiger partial charge in [-0.2, -0.15) is 0 Å². The van der Waals surface area contributed by atoms with Gasteiger partial charge < -0.3 is 19.6 Å². The van der Waals surface area contributed by atoms with Gasteiger partial charge in [0.15, 0.2) is 0 Å². The third kappa shape index (κ3) is 5.96. The number of anilines is 1. The summed E-state index contributed by atoms with van der Waals surface area (Å²) >= 11 is 6.68. The summed E-state index contributed by atoms with van der Waals surface area (Å²) in [6, 6.07) is 13.6. The number of nitrogens with zero attached hydrogens (tertiary/aromatic N) is 1. The fraction of sp³-hybridized carbons (Fsp3) is 0.115. The number of amides is 3. The number of imide groups is 1. The van der Waals surface area contributed by atoms with Crippen molar-refractivity contribution in [2.45, 2.75) is 6.92 Å². The summed E-state index contributed by atoms with van der Waals surface area (Å²) in [5.41, 5.74) is 0.922. The highest BCUT2D eigenvalue weighted by Crippen LogP contribution is 2.33. The van der Waals surface area contributed by atoms with Crippen LogP contribution < -0.4 is 5.32 Å². The maximum absolute atomic E-state index is 12.8. The van der Waals surface area contributed by atoms with E-state index >= 15 is 0 Å². The van der Waals surface area contributed by atoms with Gasteiger partial charge in [-0.15, -0.1) is 0 Å². The van der Waals surface area contributed by atoms with E-state index in [9.17, 15) is 29.1 Å². The summed E-state index contributed by atoms with van der Waals surface area (Å²) in [4.78, 5) is 61.9. The quantitative estimate of drug-likeness (QED) is 0.285. The van der Waals surface area contributed by atoms with E-state index in [4.69, 9.17) is 20.8 Å². The minimum atomic E-state index is -1.08. The van der Waals surface area contributed by atoms with E-state index in [1.807, 2.05) is 0 Å². The SMILES string of the molecule is CCOC(=O)c1cc(NC(=O)CN2C(=O)S/C(=C/c3ccc(-c4cccc(C(=O)O)c4)o3)C2=O)ccc1Cl. The summed E-state index contributed by atoms with van der Waals surface area (Å²) in [6.45, 7) is 1.24. The molecule has 1 fully saturated rings. The van der Waals surface area contributed by atoms with Crippen LogP contribution in [-0.2, 0) is 14.3 Å². The fourth-order valence-electron chi connectivity index (χ4n) is 3.47. The van der Waals surface area contributed by atoms with Crippen LogP contribution >= 0.6 is 23.4 Å². The molecule has 2 N–H and O–H groups in total. The van der Waals surface area contributed by atoms with E-state index in [1.165, 1.54) is 36.4 Å². The molecule has 38 heavy (non-hydrogen) atoms. The van der Waals surface area contributed by atoms with Crippen molar-refractivity contribution in [1.29, 1.82) is 0 Å². The predicted octanol–water partition coefficient (Wildman–Crippen LogP) is 5.15. The van der Waals surface area contributed by atoms with Gasteiger partial charge in [0.1, 0.15) is 18.1 Å². The zero-order chi connectivity index (χ0) is 27.4. The molecule has 10 nitrogen and oxygen atoms in total. The molecule has 0 aliphatic carbocycles. The highest BCUT2D eigenvalue weighted by molar-refractivity contribution is 8.18. The molecule has 0 radical (unpaired) electrons. The lowest BCUT2D eigenvalue weighted by Crippen LogP contribution is -2.36. The van der Waals surface area contributed by atoms with Crippen molar-refractivity contribution in [3.63, 3.8) is 0 Å². The van der Waals surface area contributed by atoms with Crippen LogP contribution in [0, 0.1) is 0 Å². The second-order valence-electron chi connectivity index (χ2n) is 7.82. The van der Waals surface area contributed by atoms with E-state index in [0.717, 1.165) is 4.90 Å². The Labute approximate surface area is 225 Å². The Morgan fingerprint density at radius 1 is 1.13 bits per heavy atom.